The van der Waals surface area contributed by atoms with Crippen LogP contribution in [0, 0.1) is 0 Å². The van der Waals surface area contributed by atoms with E-state index in [1.165, 1.54) is 0 Å². The summed E-state index contributed by atoms with van der Waals surface area (Å²) >= 11 is 0. The molecule has 0 aliphatic rings. The molecule has 0 spiro atoms. The zero-order chi connectivity index (χ0) is 3.58. The minimum absolute atomic E-state index is 0. The van der Waals surface area contributed by atoms with Crippen molar-refractivity contribution in [1.29, 1.82) is 0 Å². The van der Waals surface area contributed by atoms with Crippen LogP contribution in [-0.4, -0.2) is 7.32 Å². The van der Waals surface area contributed by atoms with Gasteiger partial charge in [0.1, 0.15) is 0 Å². The van der Waals surface area contributed by atoms with E-state index < -0.39 is 7.32 Å². The Bertz CT molecular complexity index is 15.5. The summed E-state index contributed by atoms with van der Waals surface area (Å²) in [4.78, 5) is 0. The maximum Gasteiger partial charge on any atom is 2.00 e. The van der Waals surface area contributed by atoms with Crippen molar-refractivity contribution in [2.45, 2.75) is 0 Å². The summed E-state index contributed by atoms with van der Waals surface area (Å²) < 4.78 is 0. The molecule has 0 aromatic rings. The predicted octanol–water partition coefficient (Wildman–Crippen LogP) is -6.95. The van der Waals surface area contributed by atoms with Crippen LogP contribution in [0.3, 0.4) is 0 Å². The molecule has 0 bridgehead atoms. The summed E-state index contributed by atoms with van der Waals surface area (Å²) in [7, 11) is -2.92. The summed E-state index contributed by atoms with van der Waals surface area (Å²) in [5.74, 6) is 0. The first-order valence-electron chi connectivity index (χ1n) is 0.707. The average Bonchev–Trinajstić information content (AvgIpc) is 0.811. The molecule has 0 radical (unpaired) electrons. The molecular weight excluding hydrogens is 147 g/mol. The fourth-order valence-electron chi connectivity index (χ4n) is 0. The van der Waals surface area contributed by atoms with Crippen LogP contribution < -0.4 is 44.6 Å². The molecule has 0 amide bonds. The van der Waals surface area contributed by atoms with E-state index in [1.807, 2.05) is 0 Å². The first-order valence-corrected chi connectivity index (χ1v) is 0.707. The quantitative estimate of drug-likeness (QED) is 0.320. The van der Waals surface area contributed by atoms with Crippen LogP contribution in [0.1, 0.15) is 0 Å². The second-order valence-electron chi connectivity index (χ2n) is 0.289. The van der Waals surface area contributed by atoms with Crippen molar-refractivity contribution in [3.8, 4) is 0 Å². The topological polar surface area (TPSA) is 69.2 Å². The molecule has 24 valence electrons. The Labute approximate surface area is 71.0 Å². The van der Waals surface area contributed by atoms with Gasteiger partial charge in [-0.1, -0.05) is 0 Å². The van der Waals surface area contributed by atoms with Gasteiger partial charge < -0.3 is 15.1 Å². The van der Waals surface area contributed by atoms with Crippen molar-refractivity contribution >= 4 is 7.32 Å². The van der Waals surface area contributed by atoms with Gasteiger partial charge in [-0.15, -0.1) is 0 Å². The van der Waals surface area contributed by atoms with Gasteiger partial charge in [-0.2, -0.15) is 0 Å². The van der Waals surface area contributed by atoms with Crippen molar-refractivity contribution in [1.82, 2.24) is 0 Å². The van der Waals surface area contributed by atoms with E-state index in [-0.39, 0.29) is 49.0 Å². The Morgan fingerprint density at radius 2 is 1.00 bits per heavy atom. The monoisotopic (exact) mass is 146 g/mol. The zero-order valence-electron chi connectivity index (χ0n) is 3.51. The number of hydrogen-bond donors (Lipinski definition) is 0. The summed E-state index contributed by atoms with van der Waals surface area (Å²) in [6.07, 6.45) is 0. The molecular formula is BNaO3Zn. The van der Waals surface area contributed by atoms with Crippen LogP contribution in [0.15, 0.2) is 0 Å². The van der Waals surface area contributed by atoms with E-state index in [9.17, 15) is 0 Å². The predicted molar refractivity (Wildman–Crippen MR) is 5.75 cm³/mol. The molecule has 0 atom stereocenters. The zero-order valence-corrected chi connectivity index (χ0v) is 8.48. The van der Waals surface area contributed by atoms with Gasteiger partial charge in [0.2, 0.25) is 0 Å². The van der Waals surface area contributed by atoms with E-state index in [1.54, 1.807) is 0 Å². The molecule has 0 aromatic heterocycles. The molecule has 3 nitrogen and oxygen atoms in total. The largest absolute Gasteiger partial charge is 2.00 e. The molecule has 0 fully saturated rings. The van der Waals surface area contributed by atoms with Gasteiger partial charge in [-0.25, -0.2) is 0 Å². The summed E-state index contributed by atoms with van der Waals surface area (Å²) in [5.41, 5.74) is 0. The Kier molecular flexibility index (Phi) is 25.4. The average molecular weight is 147 g/mol. The van der Waals surface area contributed by atoms with Crippen molar-refractivity contribution in [3.05, 3.63) is 0 Å². The third kappa shape index (κ3) is 47.2. The molecule has 6 heteroatoms. The van der Waals surface area contributed by atoms with Crippen LogP contribution in [-0.2, 0) is 19.5 Å². The summed E-state index contributed by atoms with van der Waals surface area (Å²) in [6.45, 7) is 0. The molecule has 0 aliphatic heterocycles. The Morgan fingerprint density at radius 3 is 1.00 bits per heavy atom. The van der Waals surface area contributed by atoms with E-state index in [0.717, 1.165) is 0 Å². The molecule has 0 saturated heterocycles. The normalized spacial score (nSPS) is 4.50. The Balaban J connectivity index is -0.0000000450. The molecule has 0 aromatic carbocycles. The minimum atomic E-state index is -2.92. The van der Waals surface area contributed by atoms with Gasteiger partial charge in [-0.05, 0) is 0 Å². The van der Waals surface area contributed by atoms with Crippen LogP contribution in [0.5, 0.6) is 0 Å². The van der Waals surface area contributed by atoms with Crippen LogP contribution in [0.2, 0.25) is 0 Å². The maximum absolute atomic E-state index is 8.42. The summed E-state index contributed by atoms with van der Waals surface area (Å²) in [6, 6.07) is 0. The van der Waals surface area contributed by atoms with E-state index in [4.69, 9.17) is 15.1 Å². The molecule has 0 unspecified atom stereocenters. The van der Waals surface area contributed by atoms with E-state index >= 15 is 0 Å². The minimum Gasteiger partial charge on any atom is -0.907 e. The van der Waals surface area contributed by atoms with Crippen molar-refractivity contribution in [2.24, 2.45) is 0 Å². The van der Waals surface area contributed by atoms with Gasteiger partial charge >= 0.3 is 49.0 Å². The molecule has 0 heterocycles. The molecule has 0 rings (SSSR count). The Morgan fingerprint density at radius 1 is 1.00 bits per heavy atom. The van der Waals surface area contributed by atoms with Crippen LogP contribution in [0.4, 0.5) is 0 Å². The third-order valence-electron chi connectivity index (χ3n) is 0. The van der Waals surface area contributed by atoms with Gasteiger partial charge in [0.25, 0.3) is 0 Å². The fourth-order valence-corrected chi connectivity index (χ4v) is 0. The van der Waals surface area contributed by atoms with Gasteiger partial charge in [0, 0.05) is 0 Å². The van der Waals surface area contributed by atoms with Crippen molar-refractivity contribution in [2.75, 3.05) is 0 Å². The second kappa shape index (κ2) is 9.76. The van der Waals surface area contributed by atoms with E-state index in [0.29, 0.717) is 0 Å². The van der Waals surface area contributed by atoms with Crippen molar-refractivity contribution in [3.63, 3.8) is 0 Å². The maximum atomic E-state index is 8.42. The standard InChI is InChI=1S/BO3.Na.Zn/c2-1(3)4;;/q-3;+1;+2. The second-order valence-corrected chi connectivity index (χ2v) is 0.289. The van der Waals surface area contributed by atoms with Crippen LogP contribution >= 0.6 is 0 Å². The van der Waals surface area contributed by atoms with E-state index in [2.05, 4.69) is 0 Å². The fraction of sp³-hybridized carbons (Fsp3) is 0. The molecule has 0 aliphatic carbocycles. The molecule has 6 heavy (non-hydrogen) atoms. The Hall–Kier alpha value is 1.57. The van der Waals surface area contributed by atoms with Gasteiger partial charge in [0.05, 0.1) is 0 Å². The first-order chi connectivity index (χ1) is 1.73. The van der Waals surface area contributed by atoms with Gasteiger partial charge in [-0.3, -0.25) is 7.32 Å². The molecule has 0 saturated carbocycles. The summed E-state index contributed by atoms with van der Waals surface area (Å²) in [5, 5.41) is 25.2. The SMILES string of the molecule is [Na+].[O-]B([O-])[O-].[Zn+2]. The van der Waals surface area contributed by atoms with Crippen LogP contribution in [0.25, 0.3) is 0 Å². The third-order valence-corrected chi connectivity index (χ3v) is 0. The smallest absolute Gasteiger partial charge is 0.907 e. The first kappa shape index (κ1) is 15.6. The van der Waals surface area contributed by atoms with Crippen molar-refractivity contribution < 1.29 is 64.1 Å². The number of rotatable bonds is 0. The van der Waals surface area contributed by atoms with Gasteiger partial charge in [0.15, 0.2) is 0 Å². The number of hydrogen-bond acceptors (Lipinski definition) is 3. The molecule has 0 N–H and O–H groups in total.